The Balaban J connectivity index is 1.29. The molecule has 158 valence electrons. The van der Waals surface area contributed by atoms with Crippen LogP contribution in [0.15, 0.2) is 128 Å². The minimum absolute atomic E-state index is 0.995. The summed E-state index contributed by atoms with van der Waals surface area (Å²) < 4.78 is 0. The van der Waals surface area contributed by atoms with Gasteiger partial charge in [0.25, 0.3) is 0 Å². The van der Waals surface area contributed by atoms with E-state index in [1.54, 1.807) is 0 Å². The molecule has 6 aromatic rings. The molecule has 0 saturated heterocycles. The number of rotatable bonds is 3. The monoisotopic (exact) mass is 431 g/mol. The van der Waals surface area contributed by atoms with Crippen LogP contribution in [0, 0.1) is 0 Å². The molecule has 0 amide bonds. The average molecular weight is 432 g/mol. The van der Waals surface area contributed by atoms with Gasteiger partial charge in [0.05, 0.1) is 5.69 Å². The molecule has 1 aromatic heterocycles. The van der Waals surface area contributed by atoms with Crippen LogP contribution in [0.3, 0.4) is 0 Å². The van der Waals surface area contributed by atoms with E-state index in [2.05, 4.69) is 120 Å². The molecule has 0 aliphatic heterocycles. The molecule has 34 heavy (non-hydrogen) atoms. The minimum atomic E-state index is 0.995. The highest BCUT2D eigenvalue weighted by molar-refractivity contribution is 6.16. The van der Waals surface area contributed by atoms with E-state index in [0.29, 0.717) is 0 Å². The Kier molecular flexibility index (Phi) is 4.22. The smallest absolute Gasteiger partial charge is 0.0708 e. The van der Waals surface area contributed by atoms with Gasteiger partial charge in [-0.3, -0.25) is 4.98 Å². The third-order valence-electron chi connectivity index (χ3n) is 6.87. The molecule has 0 radical (unpaired) electrons. The predicted octanol–water partition coefficient (Wildman–Crippen LogP) is 8.88. The maximum Gasteiger partial charge on any atom is 0.0708 e. The number of hydrogen-bond acceptors (Lipinski definition) is 1. The van der Waals surface area contributed by atoms with E-state index < -0.39 is 0 Å². The molecule has 1 aliphatic rings. The van der Waals surface area contributed by atoms with Crippen LogP contribution >= 0.6 is 0 Å². The molecule has 1 heteroatoms. The van der Waals surface area contributed by atoms with Crippen LogP contribution in [0.25, 0.3) is 66.5 Å². The molecule has 0 atom stereocenters. The molecule has 0 N–H and O–H groups in total. The molecule has 1 heterocycles. The molecule has 0 bridgehead atoms. The lowest BCUT2D eigenvalue weighted by molar-refractivity contribution is 1.33. The fraction of sp³-hybridized carbons (Fsp3) is 0. The normalized spacial score (nSPS) is 11.5. The lowest BCUT2D eigenvalue weighted by atomic mass is 9.95. The van der Waals surface area contributed by atoms with Gasteiger partial charge in [-0.05, 0) is 79.5 Å². The Morgan fingerprint density at radius 2 is 1.06 bits per heavy atom. The van der Waals surface area contributed by atoms with Crippen molar-refractivity contribution < 1.29 is 0 Å². The molecule has 1 nitrogen and oxygen atoms in total. The van der Waals surface area contributed by atoms with E-state index in [-0.39, 0.29) is 0 Å². The SMILES string of the molecule is c1ccc(-c2cc(-c3ccc(-c4cc5c6c(cccc6c4)-c4ccccc4-5)cc3)ccn2)cc1. The van der Waals surface area contributed by atoms with Crippen molar-refractivity contribution in [3.63, 3.8) is 0 Å². The fourth-order valence-corrected chi connectivity index (χ4v) is 5.22. The van der Waals surface area contributed by atoms with Crippen molar-refractivity contribution in [1.29, 1.82) is 0 Å². The Morgan fingerprint density at radius 1 is 0.382 bits per heavy atom. The van der Waals surface area contributed by atoms with E-state index in [0.717, 1.165) is 11.3 Å². The number of nitrogens with zero attached hydrogens (tertiary/aromatic N) is 1. The van der Waals surface area contributed by atoms with Gasteiger partial charge in [0.15, 0.2) is 0 Å². The van der Waals surface area contributed by atoms with Gasteiger partial charge >= 0.3 is 0 Å². The van der Waals surface area contributed by atoms with Gasteiger partial charge in [0, 0.05) is 11.8 Å². The number of aromatic nitrogens is 1. The van der Waals surface area contributed by atoms with Gasteiger partial charge in [0.2, 0.25) is 0 Å². The second kappa shape index (κ2) is 7.54. The largest absolute Gasteiger partial charge is 0.256 e. The summed E-state index contributed by atoms with van der Waals surface area (Å²) in [6.07, 6.45) is 1.89. The van der Waals surface area contributed by atoms with Crippen LogP contribution in [-0.2, 0) is 0 Å². The molecule has 7 rings (SSSR count). The topological polar surface area (TPSA) is 12.9 Å². The van der Waals surface area contributed by atoms with Crippen LogP contribution in [0.4, 0.5) is 0 Å². The summed E-state index contributed by atoms with van der Waals surface area (Å²) in [5.74, 6) is 0. The second-order valence-electron chi connectivity index (χ2n) is 8.85. The van der Waals surface area contributed by atoms with E-state index in [1.807, 2.05) is 12.3 Å². The van der Waals surface area contributed by atoms with E-state index >= 15 is 0 Å². The maximum absolute atomic E-state index is 4.57. The van der Waals surface area contributed by atoms with Crippen molar-refractivity contribution in [2.75, 3.05) is 0 Å². The number of hydrogen-bond donors (Lipinski definition) is 0. The summed E-state index contributed by atoms with van der Waals surface area (Å²) in [5, 5.41) is 2.67. The fourth-order valence-electron chi connectivity index (χ4n) is 5.22. The summed E-state index contributed by atoms with van der Waals surface area (Å²) in [7, 11) is 0. The average Bonchev–Trinajstić information content (AvgIpc) is 3.24. The molecule has 1 aliphatic carbocycles. The first kappa shape index (κ1) is 19.0. The third kappa shape index (κ3) is 2.98. The van der Waals surface area contributed by atoms with Gasteiger partial charge < -0.3 is 0 Å². The lowest BCUT2D eigenvalue weighted by Gasteiger charge is -2.10. The molecule has 0 spiro atoms. The molecule has 0 fully saturated rings. The number of benzene rings is 5. The first-order chi connectivity index (χ1) is 16.8. The predicted molar refractivity (Wildman–Crippen MR) is 142 cm³/mol. The van der Waals surface area contributed by atoms with Gasteiger partial charge in [-0.2, -0.15) is 0 Å². The maximum atomic E-state index is 4.57. The van der Waals surface area contributed by atoms with Gasteiger partial charge in [-0.15, -0.1) is 0 Å². The van der Waals surface area contributed by atoms with Crippen molar-refractivity contribution in [1.82, 2.24) is 4.98 Å². The highest BCUT2D eigenvalue weighted by Gasteiger charge is 2.21. The van der Waals surface area contributed by atoms with Crippen molar-refractivity contribution >= 4 is 10.8 Å². The van der Waals surface area contributed by atoms with Crippen molar-refractivity contribution in [3.8, 4) is 55.8 Å². The Hall–Kier alpha value is -4.49. The summed E-state index contributed by atoms with van der Waals surface area (Å²) in [4.78, 5) is 4.57. The molecule has 5 aromatic carbocycles. The minimum Gasteiger partial charge on any atom is -0.256 e. The zero-order valence-corrected chi connectivity index (χ0v) is 18.6. The van der Waals surface area contributed by atoms with Crippen molar-refractivity contribution in [3.05, 3.63) is 128 Å². The van der Waals surface area contributed by atoms with Crippen LogP contribution in [0.1, 0.15) is 0 Å². The summed E-state index contributed by atoms with van der Waals surface area (Å²) >= 11 is 0. The van der Waals surface area contributed by atoms with Crippen molar-refractivity contribution in [2.24, 2.45) is 0 Å². The Labute approximate surface area is 199 Å². The highest BCUT2D eigenvalue weighted by Crippen LogP contribution is 2.48. The Morgan fingerprint density at radius 3 is 1.85 bits per heavy atom. The standard InChI is InChI=1S/C33H21N/c1-2-7-24(8-3-1)32-21-25(17-18-34-32)22-13-15-23(16-14-22)27-19-26-9-6-12-30-28-10-4-5-11-29(28)31(20-27)33(26)30/h1-21H. The van der Waals surface area contributed by atoms with Crippen LogP contribution in [-0.4, -0.2) is 4.98 Å². The molecule has 0 unspecified atom stereocenters. The zero-order valence-electron chi connectivity index (χ0n) is 18.6. The van der Waals surface area contributed by atoms with Crippen LogP contribution < -0.4 is 0 Å². The second-order valence-corrected chi connectivity index (χ2v) is 8.85. The summed E-state index contributed by atoms with van der Waals surface area (Å²) in [6, 6.07) is 43.5. The quantitative estimate of drug-likeness (QED) is 0.272. The first-order valence-corrected chi connectivity index (χ1v) is 11.6. The highest BCUT2D eigenvalue weighted by atomic mass is 14.7. The Bertz CT molecular complexity index is 1680. The summed E-state index contributed by atoms with van der Waals surface area (Å²) in [6.45, 7) is 0. The molecule has 0 saturated carbocycles. The molecular weight excluding hydrogens is 410 g/mol. The van der Waals surface area contributed by atoms with Crippen LogP contribution in [0.2, 0.25) is 0 Å². The first-order valence-electron chi connectivity index (χ1n) is 11.6. The number of fused-ring (bicyclic) bond motifs is 3. The van der Waals surface area contributed by atoms with E-state index in [4.69, 9.17) is 0 Å². The lowest BCUT2D eigenvalue weighted by Crippen LogP contribution is -1.86. The zero-order chi connectivity index (χ0) is 22.5. The van der Waals surface area contributed by atoms with Crippen molar-refractivity contribution in [2.45, 2.75) is 0 Å². The van der Waals surface area contributed by atoms with Crippen LogP contribution in [0.5, 0.6) is 0 Å². The van der Waals surface area contributed by atoms with Gasteiger partial charge in [-0.25, -0.2) is 0 Å². The van der Waals surface area contributed by atoms with E-state index in [1.165, 1.54) is 55.3 Å². The van der Waals surface area contributed by atoms with Gasteiger partial charge in [-0.1, -0.05) is 97.1 Å². The third-order valence-corrected chi connectivity index (χ3v) is 6.87. The van der Waals surface area contributed by atoms with E-state index in [9.17, 15) is 0 Å². The molecular formula is C33H21N. The van der Waals surface area contributed by atoms with Gasteiger partial charge in [0.1, 0.15) is 0 Å². The number of pyridine rings is 1. The summed E-state index contributed by atoms with van der Waals surface area (Å²) in [5.41, 5.74) is 12.3.